The van der Waals surface area contributed by atoms with E-state index in [9.17, 15) is 4.79 Å². The summed E-state index contributed by atoms with van der Waals surface area (Å²) in [6, 6.07) is 15.5. The van der Waals surface area contributed by atoms with Crippen molar-refractivity contribution >= 4 is 23.4 Å². The monoisotopic (exact) mass is 400 g/mol. The Labute approximate surface area is 168 Å². The van der Waals surface area contributed by atoms with E-state index in [2.05, 4.69) is 4.98 Å². The summed E-state index contributed by atoms with van der Waals surface area (Å²) >= 11 is 7.47. The summed E-state index contributed by atoms with van der Waals surface area (Å²) in [4.78, 5) is 17.5. The van der Waals surface area contributed by atoms with Crippen LogP contribution in [0, 0.1) is 6.92 Å². The SMILES string of the molecule is COc1ccc(Cc2c(C)nc(SCc3ccc(Cl)cc3)n(C)c2=O)cc1. The summed E-state index contributed by atoms with van der Waals surface area (Å²) in [6.07, 6.45) is 0.553. The number of ether oxygens (including phenoxy) is 1. The summed E-state index contributed by atoms with van der Waals surface area (Å²) in [6.45, 7) is 1.90. The first-order valence-corrected chi connectivity index (χ1v) is 9.91. The molecule has 3 aromatic rings. The van der Waals surface area contributed by atoms with Crippen molar-refractivity contribution in [3.05, 3.63) is 86.3 Å². The minimum Gasteiger partial charge on any atom is -0.497 e. The van der Waals surface area contributed by atoms with Gasteiger partial charge in [-0.15, -0.1) is 0 Å². The molecule has 0 bridgehead atoms. The zero-order valence-corrected chi connectivity index (χ0v) is 17.1. The lowest BCUT2D eigenvalue weighted by molar-refractivity contribution is 0.414. The minimum absolute atomic E-state index is 0.00285. The number of aryl methyl sites for hydroxylation is 1. The maximum Gasteiger partial charge on any atom is 0.257 e. The van der Waals surface area contributed by atoms with Gasteiger partial charge in [0, 0.05) is 35.5 Å². The van der Waals surface area contributed by atoms with Gasteiger partial charge in [-0.2, -0.15) is 0 Å². The maximum absolute atomic E-state index is 12.9. The van der Waals surface area contributed by atoms with E-state index in [-0.39, 0.29) is 5.56 Å². The van der Waals surface area contributed by atoms with Crippen LogP contribution in [0.2, 0.25) is 5.02 Å². The fourth-order valence-electron chi connectivity index (χ4n) is 2.74. The Morgan fingerprint density at radius 2 is 1.70 bits per heavy atom. The Morgan fingerprint density at radius 1 is 1.07 bits per heavy atom. The number of nitrogens with zero attached hydrogens (tertiary/aromatic N) is 2. The number of hydrogen-bond acceptors (Lipinski definition) is 4. The van der Waals surface area contributed by atoms with E-state index in [0.717, 1.165) is 33.9 Å². The second-order valence-corrected chi connectivity index (χ2v) is 7.64. The van der Waals surface area contributed by atoms with Gasteiger partial charge >= 0.3 is 0 Å². The number of thioether (sulfide) groups is 1. The number of benzene rings is 2. The number of halogens is 1. The zero-order valence-electron chi connectivity index (χ0n) is 15.5. The largest absolute Gasteiger partial charge is 0.497 e. The molecule has 0 aliphatic heterocycles. The molecule has 0 radical (unpaired) electrons. The van der Waals surface area contributed by atoms with Crippen LogP contribution >= 0.6 is 23.4 Å². The lowest BCUT2D eigenvalue weighted by Crippen LogP contribution is -2.25. The van der Waals surface area contributed by atoms with Crippen molar-refractivity contribution in [1.82, 2.24) is 9.55 Å². The molecule has 0 N–H and O–H groups in total. The molecule has 3 rings (SSSR count). The Morgan fingerprint density at radius 3 is 2.33 bits per heavy atom. The van der Waals surface area contributed by atoms with Crippen molar-refractivity contribution in [2.45, 2.75) is 24.3 Å². The number of hydrogen-bond donors (Lipinski definition) is 0. The molecule has 0 saturated heterocycles. The van der Waals surface area contributed by atoms with Gasteiger partial charge in [0.15, 0.2) is 5.16 Å². The van der Waals surface area contributed by atoms with Crippen molar-refractivity contribution in [2.24, 2.45) is 7.05 Å². The highest BCUT2D eigenvalue weighted by Crippen LogP contribution is 2.22. The van der Waals surface area contributed by atoms with Gasteiger partial charge in [0.2, 0.25) is 0 Å². The molecule has 1 aromatic heterocycles. The number of methoxy groups -OCH3 is 1. The van der Waals surface area contributed by atoms with Crippen LogP contribution in [0.15, 0.2) is 58.5 Å². The molecule has 0 fully saturated rings. The number of aromatic nitrogens is 2. The minimum atomic E-state index is -0.00285. The van der Waals surface area contributed by atoms with Crippen LogP contribution in [0.5, 0.6) is 5.75 Å². The van der Waals surface area contributed by atoms with Gasteiger partial charge < -0.3 is 4.74 Å². The van der Waals surface area contributed by atoms with Crippen LogP contribution in [0.3, 0.4) is 0 Å². The first-order chi connectivity index (χ1) is 13.0. The van der Waals surface area contributed by atoms with E-state index in [1.165, 1.54) is 0 Å². The summed E-state index contributed by atoms with van der Waals surface area (Å²) < 4.78 is 6.81. The van der Waals surface area contributed by atoms with Crippen LogP contribution in [-0.4, -0.2) is 16.7 Å². The fraction of sp³-hybridized carbons (Fsp3) is 0.238. The van der Waals surface area contributed by atoms with Crippen molar-refractivity contribution in [3.63, 3.8) is 0 Å². The normalized spacial score (nSPS) is 10.8. The van der Waals surface area contributed by atoms with Crippen molar-refractivity contribution in [1.29, 1.82) is 0 Å². The van der Waals surface area contributed by atoms with Crippen LogP contribution in [0.4, 0.5) is 0 Å². The molecule has 27 heavy (non-hydrogen) atoms. The van der Waals surface area contributed by atoms with Gasteiger partial charge in [-0.25, -0.2) is 4.98 Å². The van der Waals surface area contributed by atoms with Crippen molar-refractivity contribution in [3.8, 4) is 5.75 Å². The lowest BCUT2D eigenvalue weighted by Gasteiger charge is -2.12. The second-order valence-electron chi connectivity index (χ2n) is 6.26. The van der Waals surface area contributed by atoms with Gasteiger partial charge in [-0.1, -0.05) is 47.6 Å². The molecule has 0 amide bonds. The first kappa shape index (κ1) is 19.5. The van der Waals surface area contributed by atoms with Crippen molar-refractivity contribution < 1.29 is 4.74 Å². The van der Waals surface area contributed by atoms with E-state index in [4.69, 9.17) is 16.3 Å². The van der Waals surface area contributed by atoms with Crippen LogP contribution < -0.4 is 10.3 Å². The number of rotatable bonds is 6. The molecule has 0 atom stereocenters. The Kier molecular flexibility index (Phi) is 6.24. The lowest BCUT2D eigenvalue weighted by atomic mass is 10.1. The molecule has 4 nitrogen and oxygen atoms in total. The third-order valence-electron chi connectivity index (χ3n) is 4.37. The molecule has 6 heteroatoms. The van der Waals surface area contributed by atoms with Gasteiger partial charge in [-0.3, -0.25) is 9.36 Å². The summed E-state index contributed by atoms with van der Waals surface area (Å²) in [5, 5.41) is 1.43. The predicted molar refractivity (Wildman–Crippen MR) is 111 cm³/mol. The van der Waals surface area contributed by atoms with Crippen LogP contribution in [0.1, 0.15) is 22.4 Å². The van der Waals surface area contributed by atoms with E-state index < -0.39 is 0 Å². The Balaban J connectivity index is 1.80. The fourth-order valence-corrected chi connectivity index (χ4v) is 3.83. The topological polar surface area (TPSA) is 44.1 Å². The molecule has 140 valence electrons. The van der Waals surface area contributed by atoms with Gasteiger partial charge in [0.1, 0.15) is 5.75 Å². The highest BCUT2D eigenvalue weighted by atomic mass is 35.5. The molecule has 2 aromatic carbocycles. The summed E-state index contributed by atoms with van der Waals surface area (Å²) in [5.41, 5.74) is 3.68. The van der Waals surface area contributed by atoms with Crippen LogP contribution in [-0.2, 0) is 19.2 Å². The van der Waals surface area contributed by atoms with Gasteiger partial charge in [0.05, 0.1) is 7.11 Å². The third-order valence-corrected chi connectivity index (χ3v) is 5.72. The maximum atomic E-state index is 12.9. The zero-order chi connectivity index (χ0) is 19.4. The Bertz CT molecular complexity index is 983. The molecule has 1 heterocycles. The highest BCUT2D eigenvalue weighted by Gasteiger charge is 2.13. The molecule has 0 saturated carbocycles. The van der Waals surface area contributed by atoms with Gasteiger partial charge in [-0.05, 0) is 42.3 Å². The van der Waals surface area contributed by atoms with E-state index in [1.807, 2.05) is 55.5 Å². The van der Waals surface area contributed by atoms with E-state index in [0.29, 0.717) is 16.6 Å². The second kappa shape index (κ2) is 8.63. The van der Waals surface area contributed by atoms with E-state index >= 15 is 0 Å². The smallest absolute Gasteiger partial charge is 0.257 e. The first-order valence-electron chi connectivity index (χ1n) is 8.54. The molecular formula is C21H21ClN2O2S. The third kappa shape index (κ3) is 4.73. The van der Waals surface area contributed by atoms with Crippen LogP contribution in [0.25, 0.3) is 0 Å². The summed E-state index contributed by atoms with van der Waals surface area (Å²) in [5.74, 6) is 1.53. The van der Waals surface area contributed by atoms with Crippen molar-refractivity contribution in [2.75, 3.05) is 7.11 Å². The molecule has 0 spiro atoms. The molecule has 0 aliphatic rings. The predicted octanol–water partition coefficient (Wildman–Crippen LogP) is 4.63. The molecule has 0 unspecified atom stereocenters. The standard InChI is InChI=1S/C21H21ClN2O2S/c1-14-19(12-15-6-10-18(26-3)11-7-15)20(25)24(2)21(23-14)27-13-16-4-8-17(22)9-5-16/h4-11H,12-13H2,1-3H3. The average Bonchev–Trinajstić information content (AvgIpc) is 2.68. The summed E-state index contributed by atoms with van der Waals surface area (Å²) in [7, 11) is 3.41. The average molecular weight is 401 g/mol. The van der Waals surface area contributed by atoms with E-state index in [1.54, 1.807) is 30.5 Å². The molecular weight excluding hydrogens is 380 g/mol. The molecule has 0 aliphatic carbocycles. The van der Waals surface area contributed by atoms with Gasteiger partial charge in [0.25, 0.3) is 5.56 Å². The Hall–Kier alpha value is -2.24. The quantitative estimate of drug-likeness (QED) is 0.447. The highest BCUT2D eigenvalue weighted by molar-refractivity contribution is 7.98.